The van der Waals surface area contributed by atoms with Crippen molar-refractivity contribution in [1.82, 2.24) is 0 Å². The Kier molecular flexibility index (Phi) is 4.42. The number of nitrogens with two attached hydrogens (primary N) is 1. The monoisotopic (exact) mass is 275 g/mol. The SMILES string of the molecule is Nc1ccc(CC(=O)CBr)c(CCl)c1. The number of benzene rings is 1. The quantitative estimate of drug-likeness (QED) is 0.678. The number of halogens is 2. The van der Waals surface area contributed by atoms with E-state index in [0.717, 1.165) is 11.1 Å². The predicted octanol–water partition coefficient (Wildman–Crippen LogP) is 2.51. The van der Waals surface area contributed by atoms with Crippen LogP contribution in [0.1, 0.15) is 11.1 Å². The van der Waals surface area contributed by atoms with Crippen molar-refractivity contribution >= 4 is 39.0 Å². The molecule has 0 aromatic heterocycles. The molecule has 0 fully saturated rings. The molecule has 76 valence electrons. The average Bonchev–Trinajstić information content (AvgIpc) is 2.20. The summed E-state index contributed by atoms with van der Waals surface area (Å²) in [6.45, 7) is 0. The van der Waals surface area contributed by atoms with E-state index < -0.39 is 0 Å². The van der Waals surface area contributed by atoms with E-state index >= 15 is 0 Å². The van der Waals surface area contributed by atoms with E-state index in [9.17, 15) is 4.79 Å². The van der Waals surface area contributed by atoms with Gasteiger partial charge in [0.2, 0.25) is 0 Å². The number of nitrogen functional groups attached to an aromatic ring is 1. The van der Waals surface area contributed by atoms with Gasteiger partial charge in [-0.05, 0) is 23.3 Å². The molecule has 4 heteroatoms. The Hall–Kier alpha value is -0.540. The lowest BCUT2D eigenvalue weighted by atomic mass is 10.0. The predicted molar refractivity (Wildman–Crippen MR) is 62.9 cm³/mol. The highest BCUT2D eigenvalue weighted by Crippen LogP contribution is 2.16. The molecule has 1 aromatic carbocycles. The Morgan fingerprint density at radius 1 is 1.43 bits per heavy atom. The summed E-state index contributed by atoms with van der Waals surface area (Å²) in [6.07, 6.45) is 0.410. The third kappa shape index (κ3) is 3.00. The molecule has 0 aliphatic carbocycles. The number of carbonyl (C=O) groups is 1. The molecule has 0 radical (unpaired) electrons. The second-order valence-corrected chi connectivity index (χ2v) is 3.84. The van der Waals surface area contributed by atoms with Gasteiger partial charge in [0.1, 0.15) is 5.78 Å². The van der Waals surface area contributed by atoms with Gasteiger partial charge in [0.05, 0.1) is 5.33 Å². The molecular formula is C10H11BrClNO. The molecule has 14 heavy (non-hydrogen) atoms. The van der Waals surface area contributed by atoms with Crippen LogP contribution in [0.15, 0.2) is 18.2 Å². The molecule has 0 spiro atoms. The molecular weight excluding hydrogens is 265 g/mol. The third-order valence-corrected chi connectivity index (χ3v) is 2.82. The van der Waals surface area contributed by atoms with Gasteiger partial charge < -0.3 is 5.73 Å². The molecule has 1 aromatic rings. The van der Waals surface area contributed by atoms with Crippen molar-refractivity contribution < 1.29 is 4.79 Å². The number of rotatable bonds is 4. The standard InChI is InChI=1S/C10H11BrClNO/c11-5-10(14)4-7-1-2-9(13)3-8(7)6-12/h1-3H,4-6,13H2. The van der Waals surface area contributed by atoms with Gasteiger partial charge in [-0.15, -0.1) is 11.6 Å². The van der Waals surface area contributed by atoms with Gasteiger partial charge in [0, 0.05) is 18.0 Å². The maximum absolute atomic E-state index is 11.2. The molecule has 0 heterocycles. The van der Waals surface area contributed by atoms with Crippen molar-refractivity contribution in [3.63, 3.8) is 0 Å². The summed E-state index contributed by atoms with van der Waals surface area (Å²) in [7, 11) is 0. The molecule has 0 bridgehead atoms. The molecule has 1 rings (SSSR count). The lowest BCUT2D eigenvalue weighted by Crippen LogP contribution is -2.06. The second kappa shape index (κ2) is 5.37. The van der Waals surface area contributed by atoms with E-state index in [1.54, 1.807) is 6.07 Å². The van der Waals surface area contributed by atoms with Crippen LogP contribution in [0.25, 0.3) is 0 Å². The maximum atomic E-state index is 11.2. The third-order valence-electron chi connectivity index (χ3n) is 1.91. The highest BCUT2D eigenvalue weighted by Gasteiger charge is 2.06. The van der Waals surface area contributed by atoms with Crippen LogP contribution in [0, 0.1) is 0 Å². The molecule has 0 saturated heterocycles. The first-order chi connectivity index (χ1) is 6.67. The Morgan fingerprint density at radius 3 is 2.71 bits per heavy atom. The van der Waals surface area contributed by atoms with E-state index in [2.05, 4.69) is 15.9 Å². The summed E-state index contributed by atoms with van der Waals surface area (Å²) in [5, 5.41) is 0.374. The zero-order valence-electron chi connectivity index (χ0n) is 7.59. The summed E-state index contributed by atoms with van der Waals surface area (Å²) in [5.41, 5.74) is 8.18. The van der Waals surface area contributed by atoms with Crippen molar-refractivity contribution in [2.75, 3.05) is 11.1 Å². The zero-order chi connectivity index (χ0) is 10.6. The fraction of sp³-hybridized carbons (Fsp3) is 0.300. The Morgan fingerprint density at radius 2 is 2.14 bits per heavy atom. The highest BCUT2D eigenvalue weighted by molar-refractivity contribution is 9.09. The minimum atomic E-state index is 0.140. The van der Waals surface area contributed by atoms with Gasteiger partial charge in [-0.1, -0.05) is 22.0 Å². The number of carbonyl (C=O) groups excluding carboxylic acids is 1. The van der Waals surface area contributed by atoms with E-state index in [1.165, 1.54) is 0 Å². The van der Waals surface area contributed by atoms with E-state index in [0.29, 0.717) is 23.3 Å². The summed E-state index contributed by atoms with van der Waals surface area (Å²) < 4.78 is 0. The largest absolute Gasteiger partial charge is 0.399 e. The van der Waals surface area contributed by atoms with Crippen LogP contribution in [-0.2, 0) is 17.1 Å². The topological polar surface area (TPSA) is 43.1 Å². The molecule has 0 aliphatic heterocycles. The van der Waals surface area contributed by atoms with Gasteiger partial charge in [0.25, 0.3) is 0 Å². The summed E-state index contributed by atoms with van der Waals surface area (Å²) >= 11 is 8.88. The summed E-state index contributed by atoms with van der Waals surface area (Å²) in [6, 6.07) is 5.45. The van der Waals surface area contributed by atoms with E-state index in [1.807, 2.05) is 12.1 Å². The lowest BCUT2D eigenvalue weighted by molar-refractivity contribution is -0.115. The molecule has 0 aliphatic rings. The highest BCUT2D eigenvalue weighted by atomic mass is 79.9. The molecule has 0 unspecified atom stereocenters. The Balaban J connectivity index is 2.90. The van der Waals surface area contributed by atoms with Gasteiger partial charge in [-0.2, -0.15) is 0 Å². The summed E-state index contributed by atoms with van der Waals surface area (Å²) in [4.78, 5) is 11.2. The van der Waals surface area contributed by atoms with Crippen LogP contribution in [0.3, 0.4) is 0 Å². The Labute approximate surface area is 96.6 Å². The number of alkyl halides is 2. The van der Waals surface area contributed by atoms with Crippen molar-refractivity contribution in [3.05, 3.63) is 29.3 Å². The smallest absolute Gasteiger partial charge is 0.147 e. The maximum Gasteiger partial charge on any atom is 0.147 e. The molecule has 0 atom stereocenters. The van der Waals surface area contributed by atoms with Crippen molar-refractivity contribution in [2.24, 2.45) is 0 Å². The summed E-state index contributed by atoms with van der Waals surface area (Å²) in [5.74, 6) is 0.525. The van der Waals surface area contributed by atoms with Crippen LogP contribution in [0.4, 0.5) is 5.69 Å². The number of hydrogen-bond donors (Lipinski definition) is 1. The zero-order valence-corrected chi connectivity index (χ0v) is 9.94. The lowest BCUT2D eigenvalue weighted by Gasteiger charge is -2.06. The number of Topliss-reactive ketones (excluding diaryl/α,β-unsaturated/α-hetero) is 1. The Bertz CT molecular complexity index is 341. The number of ketones is 1. The van der Waals surface area contributed by atoms with E-state index in [4.69, 9.17) is 17.3 Å². The first-order valence-electron chi connectivity index (χ1n) is 4.18. The average molecular weight is 277 g/mol. The van der Waals surface area contributed by atoms with Crippen molar-refractivity contribution in [3.8, 4) is 0 Å². The van der Waals surface area contributed by atoms with Crippen LogP contribution in [0.2, 0.25) is 0 Å². The minimum absolute atomic E-state index is 0.140. The molecule has 0 amide bonds. The second-order valence-electron chi connectivity index (χ2n) is 3.01. The van der Waals surface area contributed by atoms with Crippen molar-refractivity contribution in [2.45, 2.75) is 12.3 Å². The van der Waals surface area contributed by atoms with Crippen LogP contribution in [0.5, 0.6) is 0 Å². The van der Waals surface area contributed by atoms with Gasteiger partial charge in [-0.3, -0.25) is 4.79 Å². The van der Waals surface area contributed by atoms with E-state index in [-0.39, 0.29) is 5.78 Å². The normalized spacial score (nSPS) is 10.1. The van der Waals surface area contributed by atoms with Crippen LogP contribution >= 0.6 is 27.5 Å². The van der Waals surface area contributed by atoms with Gasteiger partial charge in [0.15, 0.2) is 0 Å². The minimum Gasteiger partial charge on any atom is -0.399 e. The first kappa shape index (κ1) is 11.5. The molecule has 0 saturated carbocycles. The number of hydrogen-bond acceptors (Lipinski definition) is 2. The fourth-order valence-corrected chi connectivity index (χ4v) is 1.65. The number of anilines is 1. The van der Waals surface area contributed by atoms with Crippen molar-refractivity contribution in [1.29, 1.82) is 0 Å². The molecule has 2 nitrogen and oxygen atoms in total. The van der Waals surface area contributed by atoms with Gasteiger partial charge in [-0.25, -0.2) is 0 Å². The van der Waals surface area contributed by atoms with Crippen LogP contribution < -0.4 is 5.73 Å². The van der Waals surface area contributed by atoms with Crippen LogP contribution in [-0.4, -0.2) is 11.1 Å². The molecule has 2 N–H and O–H groups in total. The fourth-order valence-electron chi connectivity index (χ4n) is 1.20. The first-order valence-corrected chi connectivity index (χ1v) is 5.84. The van der Waals surface area contributed by atoms with Gasteiger partial charge >= 0.3 is 0 Å².